The van der Waals surface area contributed by atoms with Crippen molar-refractivity contribution in [3.63, 3.8) is 0 Å². The Balaban J connectivity index is 1.41. The van der Waals surface area contributed by atoms with Crippen LogP contribution in [0.3, 0.4) is 0 Å². The van der Waals surface area contributed by atoms with Crippen LogP contribution in [0.25, 0.3) is 38.5 Å². The first-order valence-corrected chi connectivity index (χ1v) is 15.0. The third-order valence-corrected chi connectivity index (χ3v) is 9.23. The summed E-state index contributed by atoms with van der Waals surface area (Å²) in [6.45, 7) is 7.74. The Bertz CT molecular complexity index is 2020. The molecule has 3 aliphatic rings. The number of hydrogen-bond donors (Lipinski definition) is 0. The van der Waals surface area contributed by atoms with Crippen LogP contribution in [0.2, 0.25) is 0 Å². The number of amides is 1. The Labute approximate surface area is 249 Å². The standard InChI is InChI=1S/C36H32N4O3/c1-3-32(41)38-16-17-39-26(20-38)21-43-31-19-25(28-12-7-10-24-9-6-8-22(2)33(24)28)18-30-34(31)35(39)37-36(42)40(30)29-13-5-4-11-27(29)23-14-15-23/h3-13,18-19,23,26H,1,14-17,20-21H2,2H3. The zero-order valence-electron chi connectivity index (χ0n) is 24.1. The van der Waals surface area contributed by atoms with Gasteiger partial charge in [0.1, 0.15) is 18.2 Å². The van der Waals surface area contributed by atoms with E-state index < -0.39 is 0 Å². The Morgan fingerprint density at radius 1 is 1.00 bits per heavy atom. The van der Waals surface area contributed by atoms with E-state index in [1.54, 1.807) is 9.47 Å². The average molecular weight is 569 g/mol. The lowest BCUT2D eigenvalue weighted by molar-refractivity contribution is -0.126. The van der Waals surface area contributed by atoms with Crippen LogP contribution in [-0.4, -0.2) is 52.6 Å². The molecule has 2 aliphatic heterocycles. The molecule has 1 amide bonds. The molecule has 5 aromatic rings. The molecule has 43 heavy (non-hydrogen) atoms. The minimum atomic E-state index is -0.307. The van der Waals surface area contributed by atoms with Crippen molar-refractivity contribution in [2.24, 2.45) is 0 Å². The van der Waals surface area contributed by atoms with Crippen LogP contribution >= 0.6 is 0 Å². The molecule has 7 nitrogen and oxygen atoms in total. The van der Waals surface area contributed by atoms with Gasteiger partial charge < -0.3 is 14.5 Å². The Morgan fingerprint density at radius 3 is 2.63 bits per heavy atom. The fourth-order valence-corrected chi connectivity index (χ4v) is 7.00. The molecule has 1 saturated heterocycles. The normalized spacial score (nSPS) is 17.8. The van der Waals surface area contributed by atoms with Crippen molar-refractivity contribution in [1.29, 1.82) is 0 Å². The summed E-state index contributed by atoms with van der Waals surface area (Å²) in [5, 5.41) is 3.18. The number of rotatable bonds is 4. The minimum absolute atomic E-state index is 0.0970. The van der Waals surface area contributed by atoms with Crippen molar-refractivity contribution >= 4 is 33.4 Å². The van der Waals surface area contributed by atoms with Crippen LogP contribution in [0.5, 0.6) is 5.75 Å². The summed E-state index contributed by atoms with van der Waals surface area (Å²) in [6.07, 6.45) is 3.61. The van der Waals surface area contributed by atoms with E-state index in [1.165, 1.54) is 28.0 Å². The highest BCUT2D eigenvalue weighted by molar-refractivity contribution is 6.04. The first-order chi connectivity index (χ1) is 21.0. The molecule has 1 aliphatic carbocycles. The number of para-hydroxylation sites is 1. The lowest BCUT2D eigenvalue weighted by Crippen LogP contribution is -2.56. The second kappa shape index (κ2) is 9.83. The summed E-state index contributed by atoms with van der Waals surface area (Å²) in [5.41, 5.74) is 5.81. The summed E-state index contributed by atoms with van der Waals surface area (Å²) in [7, 11) is 0. The van der Waals surface area contributed by atoms with Gasteiger partial charge in [-0.3, -0.25) is 9.36 Å². The minimum Gasteiger partial charge on any atom is -0.490 e. The first kappa shape index (κ1) is 25.8. The lowest BCUT2D eigenvalue weighted by Gasteiger charge is -2.40. The second-order valence-electron chi connectivity index (χ2n) is 11.9. The van der Waals surface area contributed by atoms with Gasteiger partial charge in [0.05, 0.1) is 22.6 Å². The van der Waals surface area contributed by atoms with Crippen LogP contribution in [0.15, 0.2) is 90.2 Å². The van der Waals surface area contributed by atoms with Gasteiger partial charge in [0.15, 0.2) is 0 Å². The number of anilines is 1. The van der Waals surface area contributed by atoms with E-state index in [1.807, 2.05) is 18.2 Å². The van der Waals surface area contributed by atoms with E-state index in [2.05, 4.69) is 73.0 Å². The number of benzene rings is 4. The van der Waals surface area contributed by atoms with Crippen LogP contribution in [0.1, 0.15) is 29.9 Å². The lowest BCUT2D eigenvalue weighted by atomic mass is 9.94. The zero-order valence-corrected chi connectivity index (χ0v) is 24.1. The van der Waals surface area contributed by atoms with Gasteiger partial charge in [-0.15, -0.1) is 0 Å². The topological polar surface area (TPSA) is 67.7 Å². The number of hydrogen-bond acceptors (Lipinski definition) is 5. The predicted octanol–water partition coefficient (Wildman–Crippen LogP) is 5.99. The average Bonchev–Trinajstić information content (AvgIpc) is 3.89. The fourth-order valence-electron chi connectivity index (χ4n) is 7.00. The van der Waals surface area contributed by atoms with Gasteiger partial charge in [-0.05, 0) is 83.0 Å². The molecule has 1 unspecified atom stereocenters. The van der Waals surface area contributed by atoms with Crippen molar-refractivity contribution in [3.8, 4) is 22.6 Å². The summed E-state index contributed by atoms with van der Waals surface area (Å²) >= 11 is 0. The quantitative estimate of drug-likeness (QED) is 0.249. The monoisotopic (exact) mass is 568 g/mol. The fraction of sp³-hybridized carbons (Fsp3) is 0.250. The summed E-state index contributed by atoms with van der Waals surface area (Å²) < 4.78 is 8.41. The molecule has 0 bridgehead atoms. The maximum absolute atomic E-state index is 14.2. The number of carbonyl (C=O) groups excluding carboxylic acids is 1. The van der Waals surface area contributed by atoms with E-state index in [0.717, 1.165) is 40.6 Å². The Hall–Kier alpha value is -4.91. The Kier molecular flexibility index (Phi) is 5.89. The molecule has 2 fully saturated rings. The van der Waals surface area contributed by atoms with Crippen LogP contribution in [-0.2, 0) is 4.79 Å². The van der Waals surface area contributed by atoms with Gasteiger partial charge in [-0.25, -0.2) is 4.79 Å². The molecule has 1 saturated carbocycles. The van der Waals surface area contributed by atoms with E-state index >= 15 is 0 Å². The van der Waals surface area contributed by atoms with E-state index in [-0.39, 0.29) is 17.6 Å². The highest BCUT2D eigenvalue weighted by Gasteiger charge is 2.36. The van der Waals surface area contributed by atoms with Gasteiger partial charge in [-0.2, -0.15) is 4.98 Å². The number of aromatic nitrogens is 2. The molecule has 1 aromatic heterocycles. The van der Waals surface area contributed by atoms with Crippen LogP contribution < -0.4 is 15.3 Å². The summed E-state index contributed by atoms with van der Waals surface area (Å²) in [6, 6.07) is 25.0. The zero-order chi connectivity index (χ0) is 29.2. The van der Waals surface area contributed by atoms with Gasteiger partial charge in [-0.1, -0.05) is 61.2 Å². The third-order valence-electron chi connectivity index (χ3n) is 9.23. The largest absolute Gasteiger partial charge is 0.490 e. The number of carbonyl (C=O) groups is 1. The van der Waals surface area contributed by atoms with Crippen molar-refractivity contribution < 1.29 is 9.53 Å². The van der Waals surface area contributed by atoms with Crippen molar-refractivity contribution in [2.75, 3.05) is 31.1 Å². The van der Waals surface area contributed by atoms with Gasteiger partial charge in [0.25, 0.3) is 0 Å². The smallest absolute Gasteiger partial charge is 0.354 e. The van der Waals surface area contributed by atoms with Gasteiger partial charge in [0, 0.05) is 19.6 Å². The molecule has 1 atom stereocenters. The predicted molar refractivity (Wildman–Crippen MR) is 170 cm³/mol. The number of nitrogens with zero attached hydrogens (tertiary/aromatic N) is 4. The van der Waals surface area contributed by atoms with Crippen LogP contribution in [0.4, 0.5) is 5.82 Å². The van der Waals surface area contributed by atoms with Crippen molar-refractivity contribution in [3.05, 3.63) is 107 Å². The van der Waals surface area contributed by atoms with E-state index in [4.69, 9.17) is 9.72 Å². The van der Waals surface area contributed by atoms with Gasteiger partial charge in [0.2, 0.25) is 5.91 Å². The molecule has 8 rings (SSSR count). The van der Waals surface area contributed by atoms with Crippen molar-refractivity contribution in [2.45, 2.75) is 31.7 Å². The SMILES string of the molecule is C=CC(=O)N1CCN2c3nc(=O)n(-c4ccccc4C4CC4)c4cc(-c5cccc6cccc(C)c56)cc(c34)OCC2C1. The molecular formula is C36H32N4O3. The summed E-state index contributed by atoms with van der Waals surface area (Å²) in [5.74, 6) is 1.69. The van der Waals surface area contributed by atoms with Gasteiger partial charge >= 0.3 is 5.69 Å². The molecule has 0 spiro atoms. The molecule has 214 valence electrons. The maximum Gasteiger partial charge on any atom is 0.354 e. The van der Waals surface area contributed by atoms with E-state index in [0.29, 0.717) is 43.7 Å². The highest BCUT2D eigenvalue weighted by Crippen LogP contribution is 2.45. The molecule has 4 aromatic carbocycles. The number of ether oxygens (including phenoxy) is 1. The molecule has 0 N–H and O–H groups in total. The van der Waals surface area contributed by atoms with Crippen LogP contribution in [0, 0.1) is 6.92 Å². The highest BCUT2D eigenvalue weighted by atomic mass is 16.5. The number of fused-ring (bicyclic) bond motifs is 3. The number of aryl methyl sites for hydroxylation is 1. The maximum atomic E-state index is 14.2. The third kappa shape index (κ3) is 4.14. The molecule has 0 radical (unpaired) electrons. The molecule has 3 heterocycles. The summed E-state index contributed by atoms with van der Waals surface area (Å²) in [4.78, 5) is 35.4. The number of piperazine rings is 1. The first-order valence-electron chi connectivity index (χ1n) is 15.0. The van der Waals surface area contributed by atoms with Crippen molar-refractivity contribution in [1.82, 2.24) is 14.5 Å². The van der Waals surface area contributed by atoms with E-state index in [9.17, 15) is 9.59 Å². The second-order valence-corrected chi connectivity index (χ2v) is 11.9. The molecular weight excluding hydrogens is 536 g/mol. The molecule has 7 heteroatoms. The Morgan fingerprint density at radius 2 is 1.81 bits per heavy atom.